The van der Waals surface area contributed by atoms with Crippen LogP contribution in [0.2, 0.25) is 0 Å². The van der Waals surface area contributed by atoms with E-state index in [4.69, 9.17) is 0 Å². The van der Waals surface area contributed by atoms with Crippen molar-refractivity contribution >= 4 is 11.0 Å². The monoisotopic (exact) mass is 341 g/mol. The molecule has 130 valence electrons. The van der Waals surface area contributed by atoms with Gasteiger partial charge in [-0.3, -0.25) is 14.4 Å². The van der Waals surface area contributed by atoms with Crippen LogP contribution in [0.1, 0.15) is 37.2 Å². The Morgan fingerprint density at radius 2 is 2.16 bits per heavy atom. The minimum absolute atomic E-state index is 0.0961. The highest BCUT2D eigenvalue weighted by Crippen LogP contribution is 2.35. The number of rotatable bonds is 5. The van der Waals surface area contributed by atoms with Gasteiger partial charge in [0.25, 0.3) is 5.56 Å². The summed E-state index contributed by atoms with van der Waals surface area (Å²) in [6, 6.07) is 7.14. The lowest BCUT2D eigenvalue weighted by Gasteiger charge is -2.29. The van der Waals surface area contributed by atoms with Crippen LogP contribution in [0.25, 0.3) is 11.0 Å². The Morgan fingerprint density at radius 1 is 1.40 bits per heavy atom. The van der Waals surface area contributed by atoms with Gasteiger partial charge in [-0.05, 0) is 25.8 Å². The molecule has 1 saturated carbocycles. The Hall–Kier alpha value is -2.54. The molecule has 0 aliphatic heterocycles. The molecular weight excluding hydrogens is 321 g/mol. The third-order valence-corrected chi connectivity index (χ3v) is 4.85. The minimum atomic E-state index is -0.204. The van der Waals surface area contributed by atoms with E-state index in [0.717, 1.165) is 12.8 Å². The van der Waals surface area contributed by atoms with Crippen molar-refractivity contribution in [1.82, 2.24) is 24.6 Å². The lowest BCUT2D eigenvalue weighted by molar-refractivity contribution is 0.182. The molecule has 1 unspecified atom stereocenters. The van der Waals surface area contributed by atoms with E-state index in [1.165, 1.54) is 12.3 Å². The summed E-state index contributed by atoms with van der Waals surface area (Å²) >= 11 is 0. The molecule has 4 rings (SSSR count). The van der Waals surface area contributed by atoms with Crippen molar-refractivity contribution in [2.75, 3.05) is 0 Å². The fourth-order valence-corrected chi connectivity index (χ4v) is 3.31. The highest BCUT2D eigenvalue weighted by atomic mass is 19.1. The van der Waals surface area contributed by atoms with Crippen LogP contribution in [0, 0.1) is 5.82 Å². The fourth-order valence-electron chi connectivity index (χ4n) is 3.31. The van der Waals surface area contributed by atoms with Gasteiger partial charge in [-0.2, -0.15) is 5.10 Å². The summed E-state index contributed by atoms with van der Waals surface area (Å²) in [4.78, 5) is 21.8. The third-order valence-electron chi connectivity index (χ3n) is 4.85. The topological polar surface area (TPSA) is 66.8 Å². The number of fused-ring (bicyclic) bond motifs is 1. The standard InChI is InChI=1S/C18H20FN5O/c1-11(13-5-3-4-6-15(13)19)24(12-7-8-12)10-16-21-17-14(18(25)22-16)9-20-23(17)2/h3-6,9,11-12H,7-8,10H2,1-2H3,(H,21,22,25). The maximum atomic E-state index is 14.2. The van der Waals surface area contributed by atoms with Crippen molar-refractivity contribution in [3.05, 3.63) is 58.0 Å². The fraction of sp³-hybridized carbons (Fsp3) is 0.389. The molecule has 1 N–H and O–H groups in total. The predicted molar refractivity (Wildman–Crippen MR) is 92.5 cm³/mol. The van der Waals surface area contributed by atoms with Gasteiger partial charge in [0.1, 0.15) is 17.0 Å². The molecule has 0 saturated heterocycles. The van der Waals surface area contributed by atoms with Gasteiger partial charge >= 0.3 is 0 Å². The molecule has 0 amide bonds. The van der Waals surface area contributed by atoms with Crippen molar-refractivity contribution in [2.45, 2.75) is 38.4 Å². The number of nitrogens with one attached hydrogen (secondary N) is 1. The van der Waals surface area contributed by atoms with E-state index in [9.17, 15) is 9.18 Å². The van der Waals surface area contributed by atoms with Crippen LogP contribution >= 0.6 is 0 Å². The van der Waals surface area contributed by atoms with Crippen LogP contribution in [-0.4, -0.2) is 30.7 Å². The highest BCUT2D eigenvalue weighted by Gasteiger charge is 2.34. The number of aryl methyl sites for hydroxylation is 1. The molecule has 7 heteroatoms. The van der Waals surface area contributed by atoms with E-state index in [0.29, 0.717) is 35.0 Å². The molecule has 1 aromatic carbocycles. The van der Waals surface area contributed by atoms with E-state index in [-0.39, 0.29) is 17.4 Å². The van der Waals surface area contributed by atoms with Gasteiger partial charge < -0.3 is 4.98 Å². The summed E-state index contributed by atoms with van der Waals surface area (Å²) in [6.45, 7) is 2.47. The van der Waals surface area contributed by atoms with Gasteiger partial charge in [-0.1, -0.05) is 18.2 Å². The van der Waals surface area contributed by atoms with Crippen LogP contribution in [-0.2, 0) is 13.6 Å². The zero-order valence-corrected chi connectivity index (χ0v) is 14.2. The van der Waals surface area contributed by atoms with Crippen molar-refractivity contribution in [3.63, 3.8) is 0 Å². The summed E-state index contributed by atoms with van der Waals surface area (Å²) in [5.74, 6) is 0.375. The second kappa shape index (κ2) is 6.07. The minimum Gasteiger partial charge on any atom is -0.309 e. The average Bonchev–Trinajstić information content (AvgIpc) is 3.36. The first-order valence-electron chi connectivity index (χ1n) is 8.45. The van der Waals surface area contributed by atoms with E-state index >= 15 is 0 Å². The SMILES string of the molecule is CC(c1ccccc1F)N(Cc1nc2c(cnn2C)c(=O)[nH]1)C1CC1. The summed E-state index contributed by atoms with van der Waals surface area (Å²) in [5.41, 5.74) is 1.04. The molecule has 2 aromatic heterocycles. The lowest BCUT2D eigenvalue weighted by Crippen LogP contribution is -2.31. The zero-order valence-electron chi connectivity index (χ0n) is 14.2. The Labute approximate surface area is 144 Å². The number of aromatic amines is 1. The van der Waals surface area contributed by atoms with Crippen molar-refractivity contribution < 1.29 is 4.39 Å². The first kappa shape index (κ1) is 16.0. The number of hydrogen-bond acceptors (Lipinski definition) is 4. The Bertz CT molecular complexity index is 975. The van der Waals surface area contributed by atoms with Crippen LogP contribution in [0.15, 0.2) is 35.3 Å². The number of benzene rings is 1. The molecule has 0 bridgehead atoms. The number of halogens is 1. The summed E-state index contributed by atoms with van der Waals surface area (Å²) in [5, 5.41) is 4.57. The smallest absolute Gasteiger partial charge is 0.262 e. The lowest BCUT2D eigenvalue weighted by atomic mass is 10.1. The molecular formula is C18H20FN5O. The molecule has 1 aliphatic carbocycles. The molecule has 25 heavy (non-hydrogen) atoms. The predicted octanol–water partition coefficient (Wildman–Crippen LogP) is 2.52. The van der Waals surface area contributed by atoms with Gasteiger partial charge in [0.05, 0.1) is 12.7 Å². The molecule has 0 spiro atoms. The van der Waals surface area contributed by atoms with Crippen molar-refractivity contribution in [2.24, 2.45) is 7.05 Å². The molecule has 1 aliphatic rings. The molecule has 0 radical (unpaired) electrons. The molecule has 1 fully saturated rings. The largest absolute Gasteiger partial charge is 0.309 e. The van der Waals surface area contributed by atoms with E-state index in [1.54, 1.807) is 17.8 Å². The molecule has 3 aromatic rings. The third kappa shape index (κ3) is 2.95. The number of hydrogen-bond donors (Lipinski definition) is 1. The Kier molecular flexibility index (Phi) is 3.88. The summed E-state index contributed by atoms with van der Waals surface area (Å²) in [7, 11) is 1.76. The highest BCUT2D eigenvalue weighted by molar-refractivity contribution is 5.72. The van der Waals surface area contributed by atoms with Crippen molar-refractivity contribution in [3.8, 4) is 0 Å². The van der Waals surface area contributed by atoms with Gasteiger partial charge in [0, 0.05) is 24.7 Å². The number of H-pyrrole nitrogens is 1. The van der Waals surface area contributed by atoms with Gasteiger partial charge in [0.15, 0.2) is 5.65 Å². The molecule has 1 atom stereocenters. The first-order valence-corrected chi connectivity index (χ1v) is 8.45. The van der Waals surface area contributed by atoms with E-state index in [2.05, 4.69) is 20.0 Å². The van der Waals surface area contributed by atoms with Crippen LogP contribution in [0.4, 0.5) is 4.39 Å². The van der Waals surface area contributed by atoms with Crippen molar-refractivity contribution in [1.29, 1.82) is 0 Å². The number of aromatic nitrogens is 4. The summed E-state index contributed by atoms with van der Waals surface area (Å²) in [6.07, 6.45) is 3.68. The summed E-state index contributed by atoms with van der Waals surface area (Å²) < 4.78 is 15.8. The number of nitrogens with zero attached hydrogens (tertiary/aromatic N) is 4. The zero-order chi connectivity index (χ0) is 17.6. The van der Waals surface area contributed by atoms with E-state index < -0.39 is 0 Å². The van der Waals surface area contributed by atoms with Crippen LogP contribution in [0.3, 0.4) is 0 Å². The Morgan fingerprint density at radius 3 is 2.88 bits per heavy atom. The quantitative estimate of drug-likeness (QED) is 0.774. The van der Waals surface area contributed by atoms with E-state index in [1.807, 2.05) is 19.1 Å². The maximum Gasteiger partial charge on any atom is 0.262 e. The van der Waals surface area contributed by atoms with Crippen LogP contribution < -0.4 is 5.56 Å². The Balaban J connectivity index is 1.68. The second-order valence-corrected chi connectivity index (χ2v) is 6.62. The van der Waals surface area contributed by atoms with Gasteiger partial charge in [-0.25, -0.2) is 9.37 Å². The normalized spacial score (nSPS) is 15.8. The first-order chi connectivity index (χ1) is 12.0. The van der Waals surface area contributed by atoms with Crippen LogP contribution in [0.5, 0.6) is 0 Å². The average molecular weight is 341 g/mol. The second-order valence-electron chi connectivity index (χ2n) is 6.62. The molecule has 6 nitrogen and oxygen atoms in total. The van der Waals surface area contributed by atoms with Gasteiger partial charge in [0.2, 0.25) is 0 Å². The molecule has 2 heterocycles. The maximum absolute atomic E-state index is 14.2. The van der Waals surface area contributed by atoms with Gasteiger partial charge in [-0.15, -0.1) is 0 Å².